The predicted molar refractivity (Wildman–Crippen MR) is 64.0 cm³/mol. The van der Waals surface area contributed by atoms with Crippen LogP contribution in [0.15, 0.2) is 30.3 Å². The first kappa shape index (κ1) is 13.5. The van der Waals surface area contributed by atoms with Gasteiger partial charge in [-0.3, -0.25) is 4.79 Å². The maximum absolute atomic E-state index is 11.2. The molecule has 0 fully saturated rings. The SMILES string of the molecule is O=C(O[N+](=O)[O-])C(CS)NCc1ccccc1. The van der Waals surface area contributed by atoms with E-state index in [4.69, 9.17) is 0 Å². The van der Waals surface area contributed by atoms with Gasteiger partial charge in [0.05, 0.1) is 0 Å². The van der Waals surface area contributed by atoms with Crippen LogP contribution in [0.1, 0.15) is 5.56 Å². The van der Waals surface area contributed by atoms with Crippen LogP contribution in [0.2, 0.25) is 0 Å². The lowest BCUT2D eigenvalue weighted by Gasteiger charge is -2.13. The number of hydrogen-bond donors (Lipinski definition) is 2. The highest BCUT2D eigenvalue weighted by atomic mass is 32.1. The van der Waals surface area contributed by atoms with E-state index in [1.807, 2.05) is 30.3 Å². The zero-order chi connectivity index (χ0) is 12.7. The monoisotopic (exact) mass is 256 g/mol. The van der Waals surface area contributed by atoms with Gasteiger partial charge >= 0.3 is 11.1 Å². The quantitative estimate of drug-likeness (QED) is 0.447. The van der Waals surface area contributed by atoms with Crippen molar-refractivity contribution < 1.29 is 14.7 Å². The second-order valence-electron chi connectivity index (χ2n) is 3.24. The molecule has 0 bridgehead atoms. The minimum Gasteiger partial charge on any atom is -0.301 e. The first-order valence-corrected chi connectivity index (χ1v) is 5.51. The van der Waals surface area contributed by atoms with Gasteiger partial charge in [-0.2, -0.15) is 12.6 Å². The van der Waals surface area contributed by atoms with Gasteiger partial charge in [-0.1, -0.05) is 30.3 Å². The highest BCUT2D eigenvalue weighted by molar-refractivity contribution is 7.80. The Morgan fingerprint density at radius 2 is 2.12 bits per heavy atom. The molecule has 1 unspecified atom stereocenters. The average Bonchev–Trinajstić information content (AvgIpc) is 2.30. The summed E-state index contributed by atoms with van der Waals surface area (Å²) in [7, 11) is 0. The summed E-state index contributed by atoms with van der Waals surface area (Å²) < 4.78 is 0. The molecule has 0 spiro atoms. The summed E-state index contributed by atoms with van der Waals surface area (Å²) in [6.45, 7) is 0.416. The van der Waals surface area contributed by atoms with Crippen LogP contribution in [-0.2, 0) is 16.2 Å². The molecule has 0 heterocycles. The van der Waals surface area contributed by atoms with Crippen LogP contribution in [0.3, 0.4) is 0 Å². The standard InChI is InChI=1S/C10H12N2O4S/c13-10(16-12(14)15)9(7-17)11-6-8-4-2-1-3-5-8/h1-5,9,11,17H,6-7H2. The molecule has 0 saturated carbocycles. The largest absolute Gasteiger partial charge is 0.321 e. The maximum Gasteiger partial charge on any atom is 0.321 e. The lowest BCUT2D eigenvalue weighted by atomic mass is 10.2. The van der Waals surface area contributed by atoms with Crippen molar-refractivity contribution in [1.29, 1.82) is 0 Å². The van der Waals surface area contributed by atoms with Crippen LogP contribution in [-0.4, -0.2) is 22.9 Å². The first-order valence-electron chi connectivity index (χ1n) is 4.88. The molecule has 1 atom stereocenters. The number of nitrogens with zero attached hydrogens (tertiary/aromatic N) is 1. The molecule has 1 aromatic rings. The molecule has 0 saturated heterocycles. The summed E-state index contributed by atoms with van der Waals surface area (Å²) in [6.07, 6.45) is 0. The molecule has 6 nitrogen and oxygen atoms in total. The fourth-order valence-corrected chi connectivity index (χ4v) is 1.47. The molecule has 7 heteroatoms. The summed E-state index contributed by atoms with van der Waals surface area (Å²) in [5.41, 5.74) is 0.966. The van der Waals surface area contributed by atoms with E-state index in [0.717, 1.165) is 5.56 Å². The zero-order valence-electron chi connectivity index (χ0n) is 8.91. The third-order valence-electron chi connectivity index (χ3n) is 2.03. The average molecular weight is 256 g/mol. The van der Waals surface area contributed by atoms with Crippen molar-refractivity contribution in [2.24, 2.45) is 0 Å². The van der Waals surface area contributed by atoms with E-state index in [-0.39, 0.29) is 5.75 Å². The van der Waals surface area contributed by atoms with Crippen LogP contribution < -0.4 is 5.32 Å². The van der Waals surface area contributed by atoms with E-state index in [2.05, 4.69) is 22.8 Å². The highest BCUT2D eigenvalue weighted by Gasteiger charge is 2.19. The highest BCUT2D eigenvalue weighted by Crippen LogP contribution is 2.00. The molecule has 0 aliphatic rings. The molecule has 1 rings (SSSR count). The molecule has 1 aromatic carbocycles. The van der Waals surface area contributed by atoms with Gasteiger partial charge in [-0.25, -0.2) is 4.84 Å². The maximum atomic E-state index is 11.2. The van der Waals surface area contributed by atoms with Gasteiger partial charge in [0.15, 0.2) is 0 Å². The summed E-state index contributed by atoms with van der Waals surface area (Å²) in [5.74, 6) is -0.819. The number of benzene rings is 1. The third-order valence-corrected chi connectivity index (χ3v) is 2.39. The summed E-state index contributed by atoms with van der Waals surface area (Å²) in [6, 6.07) is 8.55. The second kappa shape index (κ2) is 6.87. The Morgan fingerprint density at radius 1 is 1.47 bits per heavy atom. The molecule has 92 valence electrons. The fraction of sp³-hybridized carbons (Fsp3) is 0.300. The summed E-state index contributed by atoms with van der Waals surface area (Å²) in [5, 5.41) is 11.7. The summed E-state index contributed by atoms with van der Waals surface area (Å²) >= 11 is 3.94. The number of rotatable bonds is 6. The number of thiol groups is 1. The van der Waals surface area contributed by atoms with Crippen molar-refractivity contribution in [2.45, 2.75) is 12.6 Å². The van der Waals surface area contributed by atoms with E-state index in [0.29, 0.717) is 6.54 Å². The Bertz CT molecular complexity index is 385. The molecule has 0 amide bonds. The van der Waals surface area contributed by atoms with Gasteiger partial charge < -0.3 is 5.32 Å². The zero-order valence-corrected chi connectivity index (χ0v) is 9.80. The van der Waals surface area contributed by atoms with Crippen molar-refractivity contribution in [3.05, 3.63) is 46.0 Å². The van der Waals surface area contributed by atoms with Crippen molar-refractivity contribution >= 4 is 18.6 Å². The molecule has 0 aliphatic heterocycles. The molecular formula is C10H12N2O4S. The van der Waals surface area contributed by atoms with Gasteiger partial charge in [0.1, 0.15) is 6.04 Å². The topological polar surface area (TPSA) is 81.5 Å². The van der Waals surface area contributed by atoms with E-state index < -0.39 is 17.1 Å². The van der Waals surface area contributed by atoms with Gasteiger partial charge in [-0.15, -0.1) is 10.1 Å². The second-order valence-corrected chi connectivity index (χ2v) is 3.60. The Labute approximate surface area is 103 Å². The van der Waals surface area contributed by atoms with Gasteiger partial charge in [0, 0.05) is 12.3 Å². The van der Waals surface area contributed by atoms with Crippen LogP contribution >= 0.6 is 12.6 Å². The molecule has 0 radical (unpaired) electrons. The van der Waals surface area contributed by atoms with Crippen LogP contribution in [0.5, 0.6) is 0 Å². The van der Waals surface area contributed by atoms with E-state index in [1.54, 1.807) is 0 Å². The Kier molecular flexibility index (Phi) is 5.44. The Hall–Kier alpha value is -1.60. The van der Waals surface area contributed by atoms with Gasteiger partial charge in [0.2, 0.25) is 0 Å². The molecular weight excluding hydrogens is 244 g/mol. The Morgan fingerprint density at radius 3 is 2.65 bits per heavy atom. The normalized spacial score (nSPS) is 11.8. The van der Waals surface area contributed by atoms with Gasteiger partial charge in [0.25, 0.3) is 0 Å². The lowest BCUT2D eigenvalue weighted by Crippen LogP contribution is -2.40. The fourth-order valence-electron chi connectivity index (χ4n) is 1.20. The smallest absolute Gasteiger partial charge is 0.301 e. The van der Waals surface area contributed by atoms with Crippen molar-refractivity contribution in [1.82, 2.24) is 5.32 Å². The lowest BCUT2D eigenvalue weighted by molar-refractivity contribution is -0.729. The Balaban J connectivity index is 2.47. The van der Waals surface area contributed by atoms with E-state index >= 15 is 0 Å². The van der Waals surface area contributed by atoms with E-state index in [1.165, 1.54) is 0 Å². The minimum atomic E-state index is -1.12. The van der Waals surface area contributed by atoms with E-state index in [9.17, 15) is 14.9 Å². The molecule has 1 N–H and O–H groups in total. The van der Waals surface area contributed by atoms with Crippen molar-refractivity contribution in [2.75, 3.05) is 5.75 Å². The molecule has 17 heavy (non-hydrogen) atoms. The first-order chi connectivity index (χ1) is 8.13. The number of hydrogen-bond acceptors (Lipinski definition) is 6. The van der Waals surface area contributed by atoms with Crippen molar-refractivity contribution in [3.63, 3.8) is 0 Å². The number of nitrogens with one attached hydrogen (secondary N) is 1. The minimum absolute atomic E-state index is 0.125. The van der Waals surface area contributed by atoms with Crippen LogP contribution in [0, 0.1) is 10.1 Å². The van der Waals surface area contributed by atoms with Crippen LogP contribution in [0.4, 0.5) is 0 Å². The van der Waals surface area contributed by atoms with Crippen molar-refractivity contribution in [3.8, 4) is 0 Å². The number of carbonyl (C=O) groups excluding carboxylic acids is 1. The predicted octanol–water partition coefficient (Wildman–Crippen LogP) is 0.809. The van der Waals surface area contributed by atoms with Crippen LogP contribution in [0.25, 0.3) is 0 Å². The van der Waals surface area contributed by atoms with Gasteiger partial charge in [-0.05, 0) is 5.56 Å². The molecule has 0 aliphatic carbocycles. The molecule has 0 aromatic heterocycles. The number of carbonyl (C=O) groups is 1. The summed E-state index contributed by atoms with van der Waals surface area (Å²) in [4.78, 5) is 25.1. The third kappa shape index (κ3) is 4.83.